The average Bonchev–Trinajstić information content (AvgIpc) is 2.41. The third-order valence-corrected chi connectivity index (χ3v) is 3.12. The van der Waals surface area contributed by atoms with Crippen molar-refractivity contribution in [1.29, 1.82) is 0 Å². The molecule has 0 fully saturated rings. The number of nitrogens with two attached hydrogens (primary N) is 1. The first-order chi connectivity index (χ1) is 8.70. The van der Waals surface area contributed by atoms with Gasteiger partial charge in [0.05, 0.1) is 12.2 Å². The molecule has 0 amide bonds. The lowest BCUT2D eigenvalue weighted by Crippen LogP contribution is -2.18. The van der Waals surface area contributed by atoms with Gasteiger partial charge < -0.3 is 10.6 Å². The van der Waals surface area contributed by atoms with Crippen LogP contribution in [-0.4, -0.2) is 12.0 Å². The van der Waals surface area contributed by atoms with Crippen molar-refractivity contribution >= 4 is 5.69 Å². The molecule has 94 valence electrons. The Kier molecular flexibility index (Phi) is 3.95. The van der Waals surface area contributed by atoms with Gasteiger partial charge in [0.2, 0.25) is 0 Å². The second-order valence-electron chi connectivity index (χ2n) is 4.49. The molecule has 0 saturated carbocycles. The number of pyridine rings is 1. The molecule has 0 spiro atoms. The van der Waals surface area contributed by atoms with Crippen LogP contribution in [0.4, 0.5) is 5.69 Å². The molecule has 1 aromatic carbocycles. The van der Waals surface area contributed by atoms with E-state index in [-0.39, 0.29) is 0 Å². The Morgan fingerprint density at radius 3 is 2.50 bits per heavy atom. The van der Waals surface area contributed by atoms with E-state index in [1.165, 1.54) is 11.3 Å². The number of anilines is 1. The number of aryl methyl sites for hydroxylation is 1. The lowest BCUT2D eigenvalue weighted by molar-refractivity contribution is 0.873. The summed E-state index contributed by atoms with van der Waals surface area (Å²) in [7, 11) is 2.07. The molecule has 2 aromatic rings. The molecule has 0 aliphatic carbocycles. The van der Waals surface area contributed by atoms with Crippen LogP contribution in [0.5, 0.6) is 0 Å². The SMILES string of the molecule is Cc1cccnc1CN(C)c1ccc(CN)cc1. The van der Waals surface area contributed by atoms with Crippen LogP contribution in [0.3, 0.4) is 0 Å². The molecule has 1 aromatic heterocycles. The van der Waals surface area contributed by atoms with E-state index in [1.54, 1.807) is 0 Å². The monoisotopic (exact) mass is 241 g/mol. The molecule has 0 aliphatic rings. The number of rotatable bonds is 4. The van der Waals surface area contributed by atoms with E-state index in [2.05, 4.69) is 54.2 Å². The molecule has 0 unspecified atom stereocenters. The van der Waals surface area contributed by atoms with E-state index < -0.39 is 0 Å². The summed E-state index contributed by atoms with van der Waals surface area (Å²) in [5, 5.41) is 0. The Hall–Kier alpha value is -1.87. The highest BCUT2D eigenvalue weighted by Gasteiger charge is 2.05. The van der Waals surface area contributed by atoms with Crippen LogP contribution in [-0.2, 0) is 13.1 Å². The zero-order valence-corrected chi connectivity index (χ0v) is 10.9. The maximum absolute atomic E-state index is 5.60. The highest BCUT2D eigenvalue weighted by atomic mass is 15.1. The van der Waals surface area contributed by atoms with E-state index >= 15 is 0 Å². The molecule has 0 saturated heterocycles. The van der Waals surface area contributed by atoms with Gasteiger partial charge in [0.15, 0.2) is 0 Å². The van der Waals surface area contributed by atoms with Gasteiger partial charge in [-0.25, -0.2) is 0 Å². The van der Waals surface area contributed by atoms with E-state index in [1.807, 2.05) is 12.3 Å². The number of hydrogen-bond donors (Lipinski definition) is 1. The summed E-state index contributed by atoms with van der Waals surface area (Å²) in [4.78, 5) is 6.61. The normalized spacial score (nSPS) is 10.4. The van der Waals surface area contributed by atoms with Gasteiger partial charge in [0.1, 0.15) is 0 Å². The van der Waals surface area contributed by atoms with E-state index in [4.69, 9.17) is 5.73 Å². The van der Waals surface area contributed by atoms with Crippen molar-refractivity contribution in [2.75, 3.05) is 11.9 Å². The van der Waals surface area contributed by atoms with Crippen LogP contribution in [0.1, 0.15) is 16.8 Å². The second kappa shape index (κ2) is 5.65. The van der Waals surface area contributed by atoms with Crippen LogP contribution in [0, 0.1) is 6.92 Å². The smallest absolute Gasteiger partial charge is 0.0625 e. The van der Waals surface area contributed by atoms with Gasteiger partial charge in [-0.15, -0.1) is 0 Å². The summed E-state index contributed by atoms with van der Waals surface area (Å²) >= 11 is 0. The topological polar surface area (TPSA) is 42.2 Å². The Morgan fingerprint density at radius 2 is 1.89 bits per heavy atom. The molecule has 18 heavy (non-hydrogen) atoms. The fourth-order valence-electron chi connectivity index (χ4n) is 1.89. The minimum absolute atomic E-state index is 0.587. The Bertz CT molecular complexity index is 505. The Morgan fingerprint density at radius 1 is 1.17 bits per heavy atom. The maximum Gasteiger partial charge on any atom is 0.0625 e. The molecule has 0 aliphatic heterocycles. The zero-order chi connectivity index (χ0) is 13.0. The van der Waals surface area contributed by atoms with Crippen molar-refractivity contribution in [3.8, 4) is 0 Å². The van der Waals surface area contributed by atoms with E-state index in [9.17, 15) is 0 Å². The van der Waals surface area contributed by atoms with Gasteiger partial charge in [0.25, 0.3) is 0 Å². The van der Waals surface area contributed by atoms with Crippen molar-refractivity contribution < 1.29 is 0 Å². The fraction of sp³-hybridized carbons (Fsp3) is 0.267. The van der Waals surface area contributed by atoms with Crippen LogP contribution >= 0.6 is 0 Å². The first kappa shape index (κ1) is 12.6. The summed E-state index contributed by atoms with van der Waals surface area (Å²) in [5.41, 5.74) is 10.3. The lowest BCUT2D eigenvalue weighted by Gasteiger charge is -2.20. The van der Waals surface area contributed by atoms with Gasteiger partial charge in [-0.1, -0.05) is 18.2 Å². The van der Waals surface area contributed by atoms with Gasteiger partial charge in [-0.05, 0) is 36.2 Å². The fourth-order valence-corrected chi connectivity index (χ4v) is 1.89. The second-order valence-corrected chi connectivity index (χ2v) is 4.49. The molecular weight excluding hydrogens is 222 g/mol. The predicted octanol–water partition coefficient (Wildman–Crippen LogP) is 2.49. The number of hydrogen-bond acceptors (Lipinski definition) is 3. The van der Waals surface area contributed by atoms with Crippen molar-refractivity contribution in [1.82, 2.24) is 4.98 Å². The van der Waals surface area contributed by atoms with Crippen LogP contribution in [0.2, 0.25) is 0 Å². The van der Waals surface area contributed by atoms with E-state index in [0.29, 0.717) is 6.54 Å². The van der Waals surface area contributed by atoms with Crippen LogP contribution < -0.4 is 10.6 Å². The number of benzene rings is 1. The summed E-state index contributed by atoms with van der Waals surface area (Å²) < 4.78 is 0. The standard InChI is InChI=1S/C15H19N3/c1-12-4-3-9-17-15(12)11-18(2)14-7-5-13(10-16)6-8-14/h3-9H,10-11,16H2,1-2H3. The maximum atomic E-state index is 5.60. The molecule has 2 rings (SSSR count). The highest BCUT2D eigenvalue weighted by Crippen LogP contribution is 2.16. The minimum Gasteiger partial charge on any atom is -0.369 e. The largest absolute Gasteiger partial charge is 0.369 e. The summed E-state index contributed by atoms with van der Waals surface area (Å²) in [5.74, 6) is 0. The predicted molar refractivity (Wildman–Crippen MR) is 75.4 cm³/mol. The number of aromatic nitrogens is 1. The van der Waals surface area contributed by atoms with Crippen LogP contribution in [0.15, 0.2) is 42.6 Å². The van der Waals surface area contributed by atoms with Gasteiger partial charge in [-0.3, -0.25) is 4.98 Å². The first-order valence-electron chi connectivity index (χ1n) is 6.11. The number of nitrogens with zero attached hydrogens (tertiary/aromatic N) is 2. The molecule has 1 heterocycles. The van der Waals surface area contributed by atoms with Crippen molar-refractivity contribution in [2.24, 2.45) is 5.73 Å². The summed E-state index contributed by atoms with van der Waals surface area (Å²) in [6.45, 7) is 3.49. The Labute approximate surface area is 108 Å². The quantitative estimate of drug-likeness (QED) is 0.894. The van der Waals surface area contributed by atoms with Gasteiger partial charge >= 0.3 is 0 Å². The van der Waals surface area contributed by atoms with Crippen molar-refractivity contribution in [3.05, 3.63) is 59.4 Å². The van der Waals surface area contributed by atoms with Gasteiger partial charge in [0, 0.05) is 25.5 Å². The lowest BCUT2D eigenvalue weighted by atomic mass is 10.1. The van der Waals surface area contributed by atoms with Gasteiger partial charge in [-0.2, -0.15) is 0 Å². The Balaban J connectivity index is 2.11. The summed E-state index contributed by atoms with van der Waals surface area (Å²) in [6.07, 6.45) is 1.84. The molecule has 3 nitrogen and oxygen atoms in total. The van der Waals surface area contributed by atoms with Crippen LogP contribution in [0.25, 0.3) is 0 Å². The molecule has 0 radical (unpaired) electrons. The van der Waals surface area contributed by atoms with Crippen molar-refractivity contribution in [2.45, 2.75) is 20.0 Å². The zero-order valence-electron chi connectivity index (χ0n) is 10.9. The highest BCUT2D eigenvalue weighted by molar-refractivity contribution is 5.47. The average molecular weight is 241 g/mol. The third-order valence-electron chi connectivity index (χ3n) is 3.12. The third kappa shape index (κ3) is 2.87. The van der Waals surface area contributed by atoms with Crippen molar-refractivity contribution in [3.63, 3.8) is 0 Å². The van der Waals surface area contributed by atoms with E-state index in [0.717, 1.165) is 17.8 Å². The molecule has 0 atom stereocenters. The molecule has 2 N–H and O–H groups in total. The summed E-state index contributed by atoms with van der Waals surface area (Å²) in [6, 6.07) is 12.4. The molecular formula is C15H19N3. The molecule has 0 bridgehead atoms. The molecule has 3 heteroatoms. The minimum atomic E-state index is 0.587. The first-order valence-corrected chi connectivity index (χ1v) is 6.11.